The lowest BCUT2D eigenvalue weighted by atomic mass is 10.1. The Balaban J connectivity index is 1.58. The van der Waals surface area contributed by atoms with Crippen LogP contribution in [0.25, 0.3) is 16.5 Å². The van der Waals surface area contributed by atoms with Gasteiger partial charge >= 0.3 is 0 Å². The van der Waals surface area contributed by atoms with Gasteiger partial charge in [-0.05, 0) is 55.0 Å². The van der Waals surface area contributed by atoms with Crippen LogP contribution in [0.3, 0.4) is 0 Å². The number of nitrogens with one attached hydrogen (secondary N) is 1. The number of hydrogen-bond acceptors (Lipinski definition) is 3. The predicted molar refractivity (Wildman–Crippen MR) is 126 cm³/mol. The molecule has 1 heterocycles. The molecular weight excluding hydrogens is 410 g/mol. The summed E-state index contributed by atoms with van der Waals surface area (Å²) in [6.07, 6.45) is 1.64. The average Bonchev–Trinajstić information content (AvgIpc) is 3.06. The monoisotopic (exact) mass is 431 g/mol. The molecule has 0 bridgehead atoms. The molecule has 0 spiro atoms. The number of hydrogen-bond donors (Lipinski definition) is 1. The number of amides is 1. The molecule has 0 aliphatic heterocycles. The second-order valence-electron chi connectivity index (χ2n) is 7.21. The first-order valence-corrected chi connectivity index (χ1v) is 10.2. The molecule has 156 valence electrons. The van der Waals surface area contributed by atoms with Crippen molar-refractivity contribution in [2.45, 2.75) is 13.8 Å². The van der Waals surface area contributed by atoms with Gasteiger partial charge in [0.2, 0.25) is 0 Å². The van der Waals surface area contributed by atoms with E-state index in [-0.39, 0.29) is 5.91 Å². The molecule has 1 aromatic heterocycles. The van der Waals surface area contributed by atoms with Crippen molar-refractivity contribution in [3.05, 3.63) is 94.3 Å². The molecule has 0 aliphatic rings. The zero-order valence-electron chi connectivity index (χ0n) is 17.5. The maximum atomic E-state index is 12.8. The van der Waals surface area contributed by atoms with Gasteiger partial charge in [-0.2, -0.15) is 5.10 Å². The summed E-state index contributed by atoms with van der Waals surface area (Å²) in [7, 11) is 1.55. The third-order valence-electron chi connectivity index (χ3n) is 5.25. The van der Waals surface area contributed by atoms with Gasteiger partial charge in [-0.1, -0.05) is 48.0 Å². The lowest BCUT2D eigenvalue weighted by Gasteiger charge is -2.11. The van der Waals surface area contributed by atoms with E-state index in [1.54, 1.807) is 13.3 Å². The van der Waals surface area contributed by atoms with E-state index in [0.717, 1.165) is 33.4 Å². The van der Waals surface area contributed by atoms with Gasteiger partial charge in [0.25, 0.3) is 5.91 Å². The molecule has 4 rings (SSSR count). The van der Waals surface area contributed by atoms with E-state index in [9.17, 15) is 4.79 Å². The van der Waals surface area contributed by atoms with Crippen LogP contribution in [0, 0.1) is 13.8 Å². The molecular formula is C25H22ClN3O2. The van der Waals surface area contributed by atoms with Gasteiger partial charge in [0.15, 0.2) is 0 Å². The number of nitrogens with zero attached hydrogens (tertiary/aromatic N) is 2. The summed E-state index contributed by atoms with van der Waals surface area (Å²) in [6.45, 7) is 4.00. The van der Waals surface area contributed by atoms with Crippen LogP contribution in [0.2, 0.25) is 5.02 Å². The minimum atomic E-state index is -0.334. The Morgan fingerprint density at radius 1 is 1.03 bits per heavy atom. The SMILES string of the molecule is COc1cc2ccccc2cc1C(=O)N/N=C\c1cc(C)n(-c2ccccc2Cl)c1C. The van der Waals surface area contributed by atoms with Gasteiger partial charge < -0.3 is 9.30 Å². The largest absolute Gasteiger partial charge is 0.496 e. The Bertz CT molecular complexity index is 1310. The number of rotatable bonds is 5. The number of fused-ring (bicyclic) bond motifs is 1. The first-order valence-electron chi connectivity index (χ1n) is 9.83. The standard InChI is InChI=1S/C25H22ClN3O2/c1-16-12-20(17(2)29(16)23-11-7-6-10-22(23)26)15-27-28-25(30)21-13-18-8-4-5-9-19(18)14-24(21)31-3/h4-15H,1-3H3,(H,28,30)/b27-15-. The molecule has 1 amide bonds. The number of aromatic nitrogens is 1. The highest BCUT2D eigenvalue weighted by atomic mass is 35.5. The Hall–Kier alpha value is -3.57. The van der Waals surface area contributed by atoms with Crippen LogP contribution in [-0.4, -0.2) is 23.8 Å². The van der Waals surface area contributed by atoms with E-state index >= 15 is 0 Å². The van der Waals surface area contributed by atoms with Crippen molar-refractivity contribution >= 4 is 34.5 Å². The number of hydrazone groups is 1. The van der Waals surface area contributed by atoms with Crippen LogP contribution in [0.4, 0.5) is 0 Å². The fourth-order valence-corrected chi connectivity index (χ4v) is 3.93. The smallest absolute Gasteiger partial charge is 0.275 e. The van der Waals surface area contributed by atoms with Gasteiger partial charge in [0.05, 0.1) is 29.6 Å². The molecule has 0 saturated heterocycles. The lowest BCUT2D eigenvalue weighted by molar-refractivity contribution is 0.0952. The van der Waals surface area contributed by atoms with Crippen LogP contribution in [-0.2, 0) is 0 Å². The number of methoxy groups -OCH3 is 1. The van der Waals surface area contributed by atoms with E-state index in [2.05, 4.69) is 15.1 Å². The quantitative estimate of drug-likeness (QED) is 0.327. The van der Waals surface area contributed by atoms with Crippen molar-refractivity contribution < 1.29 is 9.53 Å². The summed E-state index contributed by atoms with van der Waals surface area (Å²) in [5, 5.41) is 6.81. The molecule has 1 N–H and O–H groups in total. The van der Waals surface area contributed by atoms with E-state index < -0.39 is 0 Å². The van der Waals surface area contributed by atoms with Crippen LogP contribution < -0.4 is 10.2 Å². The second kappa shape index (κ2) is 8.66. The summed E-state index contributed by atoms with van der Waals surface area (Å²) in [5.41, 5.74) is 6.84. The van der Waals surface area contributed by atoms with Gasteiger partial charge in [0, 0.05) is 17.0 Å². The zero-order valence-corrected chi connectivity index (χ0v) is 18.3. The first kappa shape index (κ1) is 20.7. The van der Waals surface area contributed by atoms with Crippen molar-refractivity contribution in [2.75, 3.05) is 7.11 Å². The van der Waals surface area contributed by atoms with Crippen LogP contribution in [0.5, 0.6) is 5.75 Å². The molecule has 0 atom stereocenters. The van der Waals surface area contributed by atoms with Gasteiger partial charge in [-0.3, -0.25) is 4.79 Å². The number of para-hydroxylation sites is 1. The number of ether oxygens (including phenoxy) is 1. The minimum Gasteiger partial charge on any atom is -0.496 e. The summed E-state index contributed by atoms with van der Waals surface area (Å²) >= 11 is 6.37. The van der Waals surface area contributed by atoms with Gasteiger partial charge in [0.1, 0.15) is 5.75 Å². The number of benzene rings is 3. The topological polar surface area (TPSA) is 55.6 Å². The minimum absolute atomic E-state index is 0.334. The summed E-state index contributed by atoms with van der Waals surface area (Å²) in [5.74, 6) is 0.169. The fraction of sp³-hybridized carbons (Fsp3) is 0.120. The summed E-state index contributed by atoms with van der Waals surface area (Å²) in [4.78, 5) is 12.8. The Morgan fingerprint density at radius 2 is 1.71 bits per heavy atom. The molecule has 6 heteroatoms. The molecule has 0 fully saturated rings. The third kappa shape index (κ3) is 4.05. The van der Waals surface area contributed by atoms with E-state index in [1.165, 1.54) is 0 Å². The van der Waals surface area contributed by atoms with E-state index in [4.69, 9.17) is 16.3 Å². The molecule has 0 saturated carbocycles. The van der Waals surface area contributed by atoms with Crippen molar-refractivity contribution in [3.8, 4) is 11.4 Å². The highest BCUT2D eigenvalue weighted by molar-refractivity contribution is 6.32. The number of aryl methyl sites for hydroxylation is 1. The normalized spacial score (nSPS) is 11.2. The van der Waals surface area contributed by atoms with Crippen LogP contribution in [0.1, 0.15) is 27.3 Å². The van der Waals surface area contributed by atoms with Gasteiger partial charge in [-0.25, -0.2) is 5.43 Å². The molecule has 4 aromatic rings. The van der Waals surface area contributed by atoms with Crippen LogP contribution in [0.15, 0.2) is 71.8 Å². The lowest BCUT2D eigenvalue weighted by Crippen LogP contribution is -2.18. The van der Waals surface area contributed by atoms with Crippen LogP contribution >= 0.6 is 11.6 Å². The Morgan fingerprint density at radius 3 is 2.42 bits per heavy atom. The number of carbonyl (C=O) groups is 1. The molecule has 0 aliphatic carbocycles. The predicted octanol–water partition coefficient (Wildman–Crippen LogP) is 5.67. The molecule has 3 aromatic carbocycles. The Labute approximate surface area is 185 Å². The number of halogens is 1. The second-order valence-corrected chi connectivity index (χ2v) is 7.62. The van der Waals surface area contributed by atoms with Crippen molar-refractivity contribution in [2.24, 2.45) is 5.10 Å². The van der Waals surface area contributed by atoms with E-state index in [1.807, 2.05) is 80.6 Å². The fourth-order valence-electron chi connectivity index (χ4n) is 3.71. The average molecular weight is 432 g/mol. The van der Waals surface area contributed by atoms with E-state index in [0.29, 0.717) is 16.3 Å². The highest BCUT2D eigenvalue weighted by Gasteiger charge is 2.14. The molecule has 0 unspecified atom stereocenters. The summed E-state index contributed by atoms with van der Waals surface area (Å²) < 4.78 is 7.48. The van der Waals surface area contributed by atoms with Crippen molar-refractivity contribution in [1.29, 1.82) is 0 Å². The van der Waals surface area contributed by atoms with Gasteiger partial charge in [-0.15, -0.1) is 0 Å². The zero-order chi connectivity index (χ0) is 22.0. The maximum Gasteiger partial charge on any atom is 0.275 e. The van der Waals surface area contributed by atoms with Crippen molar-refractivity contribution in [1.82, 2.24) is 9.99 Å². The highest BCUT2D eigenvalue weighted by Crippen LogP contribution is 2.27. The first-order chi connectivity index (χ1) is 15.0. The third-order valence-corrected chi connectivity index (χ3v) is 5.57. The molecule has 5 nitrogen and oxygen atoms in total. The Kier molecular flexibility index (Phi) is 5.78. The molecule has 0 radical (unpaired) electrons. The summed E-state index contributed by atoms with van der Waals surface area (Å²) in [6, 6.07) is 21.2. The number of carbonyl (C=O) groups excluding carboxylic acids is 1. The van der Waals surface area contributed by atoms with Crippen molar-refractivity contribution in [3.63, 3.8) is 0 Å². The maximum absolute atomic E-state index is 12.8. The molecule has 31 heavy (non-hydrogen) atoms.